The number of hydrogen-bond acceptors (Lipinski definition) is 6. The third-order valence-corrected chi connectivity index (χ3v) is 2.71. The molecule has 0 unspecified atom stereocenters. The summed E-state index contributed by atoms with van der Waals surface area (Å²) in [7, 11) is 1.24. The van der Waals surface area contributed by atoms with Gasteiger partial charge >= 0.3 is 5.97 Å². The quantitative estimate of drug-likeness (QED) is 0.343. The van der Waals surface area contributed by atoms with Crippen molar-refractivity contribution in [2.75, 3.05) is 25.6 Å². The Labute approximate surface area is 123 Å². The van der Waals surface area contributed by atoms with Crippen LogP contribution >= 0.6 is 0 Å². The van der Waals surface area contributed by atoms with Crippen molar-refractivity contribution in [3.8, 4) is 0 Å². The molecule has 0 heterocycles. The Morgan fingerprint density at radius 2 is 2.14 bits per heavy atom. The third-order valence-electron chi connectivity index (χ3n) is 2.71. The van der Waals surface area contributed by atoms with Gasteiger partial charge in [0.1, 0.15) is 0 Å². The number of esters is 1. The van der Waals surface area contributed by atoms with Crippen LogP contribution < -0.4 is 5.32 Å². The van der Waals surface area contributed by atoms with Crippen LogP contribution in [0.25, 0.3) is 0 Å². The van der Waals surface area contributed by atoms with E-state index in [2.05, 4.69) is 10.1 Å². The van der Waals surface area contributed by atoms with Gasteiger partial charge in [-0.05, 0) is 26.3 Å². The molecule has 0 aliphatic carbocycles. The number of non-ortho nitro benzene ring substituents is 1. The molecule has 116 valence electrons. The van der Waals surface area contributed by atoms with Gasteiger partial charge in [0.05, 0.1) is 23.7 Å². The van der Waals surface area contributed by atoms with Crippen molar-refractivity contribution in [3.05, 3.63) is 33.9 Å². The van der Waals surface area contributed by atoms with Crippen molar-refractivity contribution >= 4 is 17.3 Å². The van der Waals surface area contributed by atoms with E-state index in [1.165, 1.54) is 25.3 Å². The van der Waals surface area contributed by atoms with Crippen LogP contribution in [0.4, 0.5) is 11.4 Å². The van der Waals surface area contributed by atoms with Gasteiger partial charge in [-0.25, -0.2) is 4.79 Å². The lowest BCUT2D eigenvalue weighted by molar-refractivity contribution is -0.384. The second-order valence-electron chi connectivity index (χ2n) is 4.68. The van der Waals surface area contributed by atoms with Crippen LogP contribution in [-0.4, -0.2) is 37.3 Å². The van der Waals surface area contributed by atoms with E-state index in [-0.39, 0.29) is 17.4 Å². The first kappa shape index (κ1) is 16.9. The normalized spacial score (nSPS) is 10.5. The summed E-state index contributed by atoms with van der Waals surface area (Å²) in [5.41, 5.74) is 0.512. The average molecular weight is 296 g/mol. The zero-order valence-electron chi connectivity index (χ0n) is 12.4. The van der Waals surface area contributed by atoms with Crippen molar-refractivity contribution < 1.29 is 19.2 Å². The SMILES string of the molecule is COC(=O)c1cc([N+](=O)[O-])ccc1NCCCOC(C)C. The molecule has 7 heteroatoms. The zero-order chi connectivity index (χ0) is 15.8. The summed E-state index contributed by atoms with van der Waals surface area (Å²) in [6.45, 7) is 5.11. The molecular weight excluding hydrogens is 276 g/mol. The Morgan fingerprint density at radius 1 is 1.43 bits per heavy atom. The van der Waals surface area contributed by atoms with E-state index in [1.807, 2.05) is 13.8 Å². The number of nitrogens with zero attached hydrogens (tertiary/aromatic N) is 1. The fourth-order valence-electron chi connectivity index (χ4n) is 1.69. The van der Waals surface area contributed by atoms with Crippen molar-refractivity contribution in [1.29, 1.82) is 0 Å². The maximum atomic E-state index is 11.7. The number of carbonyl (C=O) groups is 1. The average Bonchev–Trinajstić information content (AvgIpc) is 2.45. The van der Waals surface area contributed by atoms with Crippen LogP contribution in [0, 0.1) is 10.1 Å². The number of benzene rings is 1. The molecule has 7 nitrogen and oxygen atoms in total. The largest absolute Gasteiger partial charge is 0.465 e. The van der Waals surface area contributed by atoms with E-state index in [0.29, 0.717) is 18.8 Å². The molecule has 1 aromatic rings. The summed E-state index contributed by atoms with van der Waals surface area (Å²) in [6, 6.07) is 4.06. The van der Waals surface area contributed by atoms with Gasteiger partial charge in [-0.3, -0.25) is 10.1 Å². The molecule has 1 aromatic carbocycles. The van der Waals surface area contributed by atoms with Crippen LogP contribution in [-0.2, 0) is 9.47 Å². The fourth-order valence-corrected chi connectivity index (χ4v) is 1.69. The van der Waals surface area contributed by atoms with Crippen molar-refractivity contribution in [3.63, 3.8) is 0 Å². The number of nitrogens with one attached hydrogen (secondary N) is 1. The van der Waals surface area contributed by atoms with Gasteiger partial charge in [0.2, 0.25) is 0 Å². The standard InChI is InChI=1S/C14H20N2O5/c1-10(2)21-8-4-7-15-13-6-5-11(16(18)19)9-12(13)14(17)20-3/h5-6,9-10,15H,4,7-8H2,1-3H3. The number of anilines is 1. The summed E-state index contributed by atoms with van der Waals surface area (Å²) in [5.74, 6) is -0.611. The lowest BCUT2D eigenvalue weighted by atomic mass is 10.1. The van der Waals surface area contributed by atoms with Crippen LogP contribution in [0.2, 0.25) is 0 Å². The number of hydrogen-bond donors (Lipinski definition) is 1. The minimum Gasteiger partial charge on any atom is -0.465 e. The number of nitro benzene ring substituents is 1. The van der Waals surface area contributed by atoms with Crippen LogP contribution in [0.5, 0.6) is 0 Å². The van der Waals surface area contributed by atoms with Gasteiger partial charge in [-0.2, -0.15) is 0 Å². The van der Waals surface area contributed by atoms with E-state index in [0.717, 1.165) is 6.42 Å². The molecule has 0 atom stereocenters. The van der Waals surface area contributed by atoms with E-state index in [1.54, 1.807) is 0 Å². The number of methoxy groups -OCH3 is 1. The van der Waals surface area contributed by atoms with Gasteiger partial charge in [0, 0.05) is 31.0 Å². The van der Waals surface area contributed by atoms with Crippen molar-refractivity contribution in [2.24, 2.45) is 0 Å². The topological polar surface area (TPSA) is 90.7 Å². The van der Waals surface area contributed by atoms with Gasteiger partial charge in [-0.1, -0.05) is 0 Å². The smallest absolute Gasteiger partial charge is 0.340 e. The summed E-state index contributed by atoms with van der Waals surface area (Å²) in [6.07, 6.45) is 0.936. The molecule has 0 spiro atoms. The predicted molar refractivity (Wildman–Crippen MR) is 78.6 cm³/mol. The van der Waals surface area contributed by atoms with Crippen molar-refractivity contribution in [2.45, 2.75) is 26.4 Å². The molecule has 1 rings (SSSR count). The Bertz CT molecular complexity index is 502. The summed E-state index contributed by atoms with van der Waals surface area (Å²) < 4.78 is 10.1. The highest BCUT2D eigenvalue weighted by Gasteiger charge is 2.16. The fraction of sp³-hybridized carbons (Fsp3) is 0.500. The molecule has 0 radical (unpaired) electrons. The first-order chi connectivity index (χ1) is 9.95. The number of carbonyl (C=O) groups excluding carboxylic acids is 1. The van der Waals surface area contributed by atoms with Gasteiger partial charge < -0.3 is 14.8 Å². The molecular formula is C14H20N2O5. The second kappa shape index (κ2) is 8.21. The van der Waals surface area contributed by atoms with Gasteiger partial charge in [-0.15, -0.1) is 0 Å². The van der Waals surface area contributed by atoms with Crippen LogP contribution in [0.15, 0.2) is 18.2 Å². The molecule has 0 aliphatic heterocycles. The van der Waals surface area contributed by atoms with E-state index in [9.17, 15) is 14.9 Å². The highest BCUT2D eigenvalue weighted by molar-refractivity contribution is 5.96. The molecule has 0 fully saturated rings. The molecule has 0 aromatic heterocycles. The Morgan fingerprint density at radius 3 is 2.71 bits per heavy atom. The lowest BCUT2D eigenvalue weighted by Gasteiger charge is -2.11. The number of rotatable bonds is 8. The van der Waals surface area contributed by atoms with Gasteiger partial charge in [0.25, 0.3) is 5.69 Å². The monoisotopic (exact) mass is 296 g/mol. The highest BCUT2D eigenvalue weighted by atomic mass is 16.6. The number of nitro groups is 1. The summed E-state index contributed by atoms with van der Waals surface area (Å²) in [4.78, 5) is 21.9. The molecule has 0 bridgehead atoms. The lowest BCUT2D eigenvalue weighted by Crippen LogP contribution is -2.12. The summed E-state index contributed by atoms with van der Waals surface area (Å²) in [5, 5.41) is 13.8. The zero-order valence-corrected chi connectivity index (χ0v) is 12.4. The first-order valence-electron chi connectivity index (χ1n) is 6.68. The molecule has 21 heavy (non-hydrogen) atoms. The third kappa shape index (κ3) is 5.39. The molecule has 0 amide bonds. The van der Waals surface area contributed by atoms with E-state index >= 15 is 0 Å². The Balaban J connectivity index is 2.72. The van der Waals surface area contributed by atoms with Crippen LogP contribution in [0.1, 0.15) is 30.6 Å². The minimum absolute atomic E-state index is 0.149. The van der Waals surface area contributed by atoms with Crippen LogP contribution in [0.3, 0.4) is 0 Å². The maximum absolute atomic E-state index is 11.7. The first-order valence-corrected chi connectivity index (χ1v) is 6.68. The maximum Gasteiger partial charge on any atom is 0.340 e. The molecule has 0 saturated heterocycles. The number of ether oxygens (including phenoxy) is 2. The van der Waals surface area contributed by atoms with E-state index in [4.69, 9.17) is 4.74 Å². The Kier molecular flexibility index (Phi) is 6.61. The van der Waals surface area contributed by atoms with Gasteiger partial charge in [0.15, 0.2) is 0 Å². The second-order valence-corrected chi connectivity index (χ2v) is 4.68. The van der Waals surface area contributed by atoms with E-state index < -0.39 is 10.9 Å². The predicted octanol–water partition coefficient (Wildman–Crippen LogP) is 2.61. The molecule has 0 aliphatic rings. The molecule has 0 saturated carbocycles. The Hall–Kier alpha value is -2.15. The van der Waals surface area contributed by atoms with Crippen molar-refractivity contribution in [1.82, 2.24) is 0 Å². The molecule has 1 N–H and O–H groups in total. The minimum atomic E-state index is -0.611. The summed E-state index contributed by atoms with van der Waals surface area (Å²) >= 11 is 0. The highest BCUT2D eigenvalue weighted by Crippen LogP contribution is 2.22.